The van der Waals surface area contributed by atoms with Gasteiger partial charge in [-0.25, -0.2) is 4.98 Å². The molecule has 1 saturated heterocycles. The van der Waals surface area contributed by atoms with Crippen LogP contribution in [-0.2, 0) is 6.54 Å². The van der Waals surface area contributed by atoms with E-state index in [9.17, 15) is 9.59 Å². The molecule has 6 nitrogen and oxygen atoms in total. The molecule has 0 radical (unpaired) electrons. The van der Waals surface area contributed by atoms with Crippen LogP contribution >= 0.6 is 11.3 Å². The van der Waals surface area contributed by atoms with Gasteiger partial charge in [-0.15, -0.1) is 11.3 Å². The molecule has 0 bridgehead atoms. The molecule has 0 spiro atoms. The molecule has 0 saturated carbocycles. The lowest BCUT2D eigenvalue weighted by Gasteiger charge is -2.34. The van der Waals surface area contributed by atoms with Crippen LogP contribution in [-0.4, -0.2) is 51.3 Å². The van der Waals surface area contributed by atoms with E-state index in [1.54, 1.807) is 16.7 Å². The van der Waals surface area contributed by atoms with Crippen molar-refractivity contribution in [1.82, 2.24) is 19.2 Å². The quantitative estimate of drug-likeness (QED) is 0.710. The summed E-state index contributed by atoms with van der Waals surface area (Å²) < 4.78 is 1.56. The van der Waals surface area contributed by atoms with Gasteiger partial charge in [-0.05, 0) is 18.6 Å². The smallest absolute Gasteiger partial charge is 0.258 e. The minimum Gasteiger partial charge on any atom is -0.336 e. The number of amides is 1. The Morgan fingerprint density at radius 2 is 1.96 bits per heavy atom. The van der Waals surface area contributed by atoms with E-state index in [-0.39, 0.29) is 11.5 Å². The van der Waals surface area contributed by atoms with Gasteiger partial charge in [0.05, 0.1) is 5.69 Å². The molecule has 4 rings (SSSR count). The Morgan fingerprint density at radius 3 is 2.73 bits per heavy atom. The van der Waals surface area contributed by atoms with Crippen LogP contribution in [0.2, 0.25) is 0 Å². The van der Waals surface area contributed by atoms with Gasteiger partial charge in [0.15, 0.2) is 4.96 Å². The van der Waals surface area contributed by atoms with Gasteiger partial charge in [0, 0.05) is 55.9 Å². The van der Waals surface area contributed by atoms with Crippen LogP contribution in [0.5, 0.6) is 0 Å². The van der Waals surface area contributed by atoms with E-state index >= 15 is 0 Å². The van der Waals surface area contributed by atoms with E-state index in [4.69, 9.17) is 0 Å². The topological polar surface area (TPSA) is 57.9 Å². The first kappa shape index (κ1) is 16.9. The fourth-order valence-corrected chi connectivity index (χ4v) is 4.03. The third-order valence-electron chi connectivity index (χ3n) is 4.78. The molecule has 1 aromatic carbocycles. The molecule has 0 atom stereocenters. The number of carbonyl (C=O) groups excluding carboxylic acids is 1. The number of aromatic nitrogens is 2. The number of nitrogens with zero attached hydrogens (tertiary/aromatic N) is 4. The van der Waals surface area contributed by atoms with Crippen molar-refractivity contribution >= 4 is 22.2 Å². The summed E-state index contributed by atoms with van der Waals surface area (Å²) in [5.74, 6) is 0.0964. The molecule has 1 fully saturated rings. The average molecular weight is 368 g/mol. The van der Waals surface area contributed by atoms with Crippen molar-refractivity contribution in [3.8, 4) is 0 Å². The molecule has 1 aliphatic rings. The highest BCUT2D eigenvalue weighted by Crippen LogP contribution is 2.14. The van der Waals surface area contributed by atoms with Gasteiger partial charge in [0.2, 0.25) is 0 Å². The summed E-state index contributed by atoms with van der Waals surface area (Å²) in [5.41, 5.74) is 2.53. The van der Waals surface area contributed by atoms with Crippen molar-refractivity contribution in [2.24, 2.45) is 0 Å². The van der Waals surface area contributed by atoms with E-state index in [0.29, 0.717) is 19.6 Å². The highest BCUT2D eigenvalue weighted by atomic mass is 32.1. The summed E-state index contributed by atoms with van der Waals surface area (Å²) in [6.07, 6.45) is 1.75. The van der Waals surface area contributed by atoms with E-state index in [1.165, 1.54) is 11.3 Å². The number of aryl methyl sites for hydroxylation is 1. The number of hydrogen-bond acceptors (Lipinski definition) is 5. The second-order valence-corrected chi connectivity index (χ2v) is 7.40. The zero-order valence-electron chi connectivity index (χ0n) is 14.6. The van der Waals surface area contributed by atoms with Gasteiger partial charge in [0.25, 0.3) is 11.5 Å². The van der Waals surface area contributed by atoms with Crippen molar-refractivity contribution < 1.29 is 4.79 Å². The van der Waals surface area contributed by atoms with Gasteiger partial charge in [-0.2, -0.15) is 0 Å². The summed E-state index contributed by atoms with van der Waals surface area (Å²) in [5, 5.41) is 1.86. The molecule has 3 heterocycles. The largest absolute Gasteiger partial charge is 0.336 e. The molecule has 0 N–H and O–H groups in total. The van der Waals surface area contributed by atoms with Crippen molar-refractivity contribution in [1.29, 1.82) is 0 Å². The van der Waals surface area contributed by atoms with Crippen LogP contribution in [0.25, 0.3) is 4.96 Å². The SMILES string of the molecule is Cc1ccccc1C(=O)N1CCN(Cc2cc(=O)n3ccsc3n2)CC1. The molecule has 7 heteroatoms. The van der Waals surface area contributed by atoms with Crippen molar-refractivity contribution in [2.75, 3.05) is 26.2 Å². The Kier molecular flexibility index (Phi) is 4.57. The number of benzene rings is 1. The second-order valence-electron chi connectivity index (χ2n) is 6.52. The minimum absolute atomic E-state index is 0.0420. The fourth-order valence-electron chi connectivity index (χ4n) is 3.29. The summed E-state index contributed by atoms with van der Waals surface area (Å²) >= 11 is 1.46. The summed E-state index contributed by atoms with van der Waals surface area (Å²) in [6.45, 7) is 5.54. The molecular formula is C19H20N4O2S. The van der Waals surface area contributed by atoms with Gasteiger partial charge in [-0.1, -0.05) is 18.2 Å². The van der Waals surface area contributed by atoms with Gasteiger partial charge < -0.3 is 4.90 Å². The lowest BCUT2D eigenvalue weighted by Crippen LogP contribution is -2.48. The first-order chi connectivity index (χ1) is 12.6. The van der Waals surface area contributed by atoms with Crippen LogP contribution in [0.15, 0.2) is 46.7 Å². The van der Waals surface area contributed by atoms with Crippen LogP contribution in [0, 0.1) is 6.92 Å². The van der Waals surface area contributed by atoms with Crippen LogP contribution in [0.4, 0.5) is 0 Å². The van der Waals surface area contributed by atoms with Gasteiger partial charge >= 0.3 is 0 Å². The Labute approximate surface area is 155 Å². The lowest BCUT2D eigenvalue weighted by atomic mass is 10.1. The number of hydrogen-bond donors (Lipinski definition) is 0. The highest BCUT2D eigenvalue weighted by Gasteiger charge is 2.23. The average Bonchev–Trinajstić information content (AvgIpc) is 3.11. The molecule has 26 heavy (non-hydrogen) atoms. The third kappa shape index (κ3) is 3.27. The Balaban J connectivity index is 1.41. The second kappa shape index (κ2) is 7.01. The predicted molar refractivity (Wildman–Crippen MR) is 102 cm³/mol. The predicted octanol–water partition coefficient (Wildman–Crippen LogP) is 2.02. The molecule has 1 aliphatic heterocycles. The maximum atomic E-state index is 12.7. The third-order valence-corrected chi connectivity index (χ3v) is 5.53. The molecule has 0 unspecified atom stereocenters. The molecule has 134 valence electrons. The van der Waals surface area contributed by atoms with E-state index in [0.717, 1.165) is 34.9 Å². The van der Waals surface area contributed by atoms with Crippen molar-refractivity contribution in [3.05, 3.63) is 69.1 Å². The maximum Gasteiger partial charge on any atom is 0.258 e. The number of piperazine rings is 1. The minimum atomic E-state index is -0.0420. The molecular weight excluding hydrogens is 348 g/mol. The number of carbonyl (C=O) groups is 1. The van der Waals surface area contributed by atoms with E-state index in [2.05, 4.69) is 9.88 Å². The van der Waals surface area contributed by atoms with Crippen LogP contribution in [0.1, 0.15) is 21.6 Å². The summed E-state index contributed by atoms with van der Waals surface area (Å²) in [4.78, 5) is 34.2. The van der Waals surface area contributed by atoms with Gasteiger partial charge in [0.1, 0.15) is 0 Å². The first-order valence-electron chi connectivity index (χ1n) is 8.65. The first-order valence-corrected chi connectivity index (χ1v) is 9.53. The maximum absolute atomic E-state index is 12.7. The number of rotatable bonds is 3. The molecule has 2 aromatic heterocycles. The number of thiazole rings is 1. The van der Waals surface area contributed by atoms with Crippen LogP contribution in [0.3, 0.4) is 0 Å². The van der Waals surface area contributed by atoms with Crippen LogP contribution < -0.4 is 5.56 Å². The summed E-state index contributed by atoms with van der Waals surface area (Å²) in [7, 11) is 0. The Morgan fingerprint density at radius 1 is 1.19 bits per heavy atom. The van der Waals surface area contributed by atoms with Gasteiger partial charge in [-0.3, -0.25) is 18.9 Å². The molecule has 1 amide bonds. The lowest BCUT2D eigenvalue weighted by molar-refractivity contribution is 0.0626. The zero-order valence-corrected chi connectivity index (χ0v) is 15.4. The highest BCUT2D eigenvalue weighted by molar-refractivity contribution is 7.15. The standard InChI is InChI=1S/C19H20N4O2S/c1-14-4-2-3-5-16(14)18(25)22-8-6-21(7-9-22)13-15-12-17(24)23-10-11-26-19(23)20-15/h2-5,10-12H,6-9,13H2,1H3. The Hall–Kier alpha value is -2.51. The molecule has 0 aliphatic carbocycles. The zero-order chi connectivity index (χ0) is 18.1. The normalized spacial score (nSPS) is 15.5. The van der Waals surface area contributed by atoms with E-state index in [1.807, 2.05) is 41.5 Å². The summed E-state index contributed by atoms with van der Waals surface area (Å²) in [6, 6.07) is 9.31. The fraction of sp³-hybridized carbons (Fsp3) is 0.316. The Bertz CT molecular complexity index is 1000. The van der Waals surface area contributed by atoms with E-state index < -0.39 is 0 Å². The van der Waals surface area contributed by atoms with Crippen molar-refractivity contribution in [2.45, 2.75) is 13.5 Å². The number of fused-ring (bicyclic) bond motifs is 1. The monoisotopic (exact) mass is 368 g/mol. The van der Waals surface area contributed by atoms with Crippen molar-refractivity contribution in [3.63, 3.8) is 0 Å². The molecule has 3 aromatic rings.